The van der Waals surface area contributed by atoms with Crippen molar-refractivity contribution >= 4 is 11.8 Å². The number of amidine groups is 1. The average molecular weight is 266 g/mol. The summed E-state index contributed by atoms with van der Waals surface area (Å²) in [7, 11) is 0. The predicted molar refractivity (Wildman–Crippen MR) is 57.2 cm³/mol. The Bertz CT molecular complexity index is 309. The molecule has 4 nitrogen and oxygen atoms in total. The molecule has 0 fully saturated rings. The van der Waals surface area contributed by atoms with Gasteiger partial charge < -0.3 is 9.90 Å². The number of carboxylic acids is 1. The van der Waals surface area contributed by atoms with Crippen LogP contribution in [-0.4, -0.2) is 42.2 Å². The Balaban J connectivity index is 0.000000203. The lowest BCUT2D eigenvalue weighted by Gasteiger charge is -2.14. The Kier molecular flexibility index (Phi) is 5.43. The van der Waals surface area contributed by atoms with Crippen molar-refractivity contribution in [3.8, 4) is 0 Å². The highest BCUT2D eigenvalue weighted by Gasteiger charge is 2.28. The summed E-state index contributed by atoms with van der Waals surface area (Å²) < 4.78 is 34.1. The Morgan fingerprint density at radius 1 is 1.17 bits per heavy atom. The number of carbonyl (C=O) groups excluding carboxylic acids is 1. The molecule has 0 unspecified atom stereocenters. The van der Waals surface area contributed by atoms with E-state index in [1.165, 1.54) is 57.6 Å². The average Bonchev–Trinajstić information content (AvgIpc) is 2.53. The Labute approximate surface area is 103 Å². The van der Waals surface area contributed by atoms with Gasteiger partial charge in [-0.1, -0.05) is 0 Å². The SMILES string of the molecule is C1CCC2=[N+](CC1)CCCN2.O=C([O-])C(F)(F)F. The highest BCUT2D eigenvalue weighted by molar-refractivity contribution is 5.77. The van der Waals surface area contributed by atoms with Gasteiger partial charge in [0.15, 0.2) is 0 Å². The fraction of sp³-hybridized carbons (Fsp3) is 0.818. The number of nitrogens with one attached hydrogen (secondary N) is 1. The highest BCUT2D eigenvalue weighted by atomic mass is 19.4. The second-order valence-corrected chi connectivity index (χ2v) is 4.31. The summed E-state index contributed by atoms with van der Waals surface area (Å²) in [5.41, 5.74) is 0. The quantitative estimate of drug-likeness (QED) is 0.640. The molecule has 0 saturated carbocycles. The second kappa shape index (κ2) is 6.61. The lowest BCUT2D eigenvalue weighted by atomic mass is 10.2. The first-order valence-corrected chi connectivity index (χ1v) is 6.04. The summed E-state index contributed by atoms with van der Waals surface area (Å²) in [6.45, 7) is 3.79. The van der Waals surface area contributed by atoms with Crippen LogP contribution in [0.3, 0.4) is 0 Å². The molecule has 0 aromatic rings. The molecule has 7 heteroatoms. The summed E-state index contributed by atoms with van der Waals surface area (Å²) in [6.07, 6.45) is 1.62. The van der Waals surface area contributed by atoms with Crippen LogP contribution in [0.5, 0.6) is 0 Å². The van der Waals surface area contributed by atoms with Gasteiger partial charge in [0.2, 0.25) is 5.84 Å². The van der Waals surface area contributed by atoms with Gasteiger partial charge in [-0.25, -0.2) is 0 Å². The minimum atomic E-state index is -5.19. The van der Waals surface area contributed by atoms with Crippen LogP contribution in [-0.2, 0) is 4.79 Å². The molecule has 2 heterocycles. The molecule has 0 radical (unpaired) electrons. The maximum atomic E-state index is 10.5. The molecule has 0 bridgehead atoms. The standard InChI is InChI=1S/C9H16N2.C2HF3O2/c1-2-5-9-10-6-4-8-11(9)7-3-1;3-2(4,5)1(6)7/h1-8H2;(H,6,7). The number of carboxylic acid groups (broad SMARTS) is 1. The summed E-state index contributed by atoms with van der Waals surface area (Å²) in [5.74, 6) is -1.48. The third-order valence-electron chi connectivity index (χ3n) is 2.89. The van der Waals surface area contributed by atoms with Crippen molar-refractivity contribution in [3.63, 3.8) is 0 Å². The Morgan fingerprint density at radius 3 is 2.39 bits per heavy atom. The molecule has 2 aliphatic heterocycles. The van der Waals surface area contributed by atoms with Crippen molar-refractivity contribution in [1.82, 2.24) is 5.32 Å². The van der Waals surface area contributed by atoms with E-state index in [1.807, 2.05) is 0 Å². The van der Waals surface area contributed by atoms with E-state index in [1.54, 1.807) is 0 Å². The fourth-order valence-electron chi connectivity index (χ4n) is 2.01. The fourth-order valence-corrected chi connectivity index (χ4v) is 2.01. The minimum absolute atomic E-state index is 1.20. The first-order valence-electron chi connectivity index (χ1n) is 6.04. The number of hydrogen-bond acceptors (Lipinski definition) is 3. The molecule has 0 aromatic heterocycles. The van der Waals surface area contributed by atoms with E-state index < -0.39 is 12.1 Å². The number of halogens is 3. The molecular weight excluding hydrogens is 249 g/mol. The van der Waals surface area contributed by atoms with Gasteiger partial charge in [-0.3, -0.25) is 9.89 Å². The number of alkyl halides is 3. The van der Waals surface area contributed by atoms with Crippen molar-refractivity contribution in [2.45, 2.75) is 38.3 Å². The Hall–Kier alpha value is -1.27. The van der Waals surface area contributed by atoms with E-state index in [-0.39, 0.29) is 0 Å². The first-order chi connectivity index (χ1) is 8.41. The van der Waals surface area contributed by atoms with Crippen LogP contribution < -0.4 is 10.4 Å². The van der Waals surface area contributed by atoms with Gasteiger partial charge in [-0.2, -0.15) is 13.2 Å². The largest absolute Gasteiger partial charge is 0.542 e. The molecule has 0 aliphatic carbocycles. The maximum Gasteiger partial charge on any atom is 0.430 e. The topological polar surface area (TPSA) is 55.2 Å². The molecular formula is C11H17F3N2O2. The van der Waals surface area contributed by atoms with Gasteiger partial charge in [0.05, 0.1) is 19.6 Å². The minimum Gasteiger partial charge on any atom is -0.542 e. The lowest BCUT2D eigenvalue weighted by Crippen LogP contribution is -2.40. The van der Waals surface area contributed by atoms with E-state index in [4.69, 9.17) is 9.90 Å². The van der Waals surface area contributed by atoms with Crippen LogP contribution in [0.25, 0.3) is 0 Å². The third kappa shape index (κ3) is 4.93. The zero-order chi connectivity index (χ0) is 13.6. The molecule has 18 heavy (non-hydrogen) atoms. The summed E-state index contributed by atoms with van der Waals surface area (Å²) in [6, 6.07) is 0. The first kappa shape index (κ1) is 14.8. The van der Waals surface area contributed by atoms with Gasteiger partial charge in [0.1, 0.15) is 5.97 Å². The van der Waals surface area contributed by atoms with Crippen molar-refractivity contribution in [2.75, 3.05) is 19.6 Å². The lowest BCUT2D eigenvalue weighted by molar-refractivity contribution is -0.534. The zero-order valence-corrected chi connectivity index (χ0v) is 10.1. The van der Waals surface area contributed by atoms with Crippen LogP contribution in [0.1, 0.15) is 32.1 Å². The monoisotopic (exact) mass is 266 g/mol. The van der Waals surface area contributed by atoms with E-state index >= 15 is 0 Å². The zero-order valence-electron chi connectivity index (χ0n) is 10.1. The van der Waals surface area contributed by atoms with Gasteiger partial charge in [-0.15, -0.1) is 0 Å². The molecule has 2 rings (SSSR count). The van der Waals surface area contributed by atoms with E-state index in [2.05, 4.69) is 9.89 Å². The van der Waals surface area contributed by atoms with Crippen molar-refractivity contribution < 1.29 is 27.6 Å². The molecule has 0 spiro atoms. The highest BCUT2D eigenvalue weighted by Crippen LogP contribution is 2.11. The van der Waals surface area contributed by atoms with E-state index in [9.17, 15) is 13.2 Å². The molecule has 0 aromatic carbocycles. The Morgan fingerprint density at radius 2 is 1.78 bits per heavy atom. The maximum absolute atomic E-state index is 10.5. The molecule has 2 aliphatic rings. The normalized spacial score (nSPS) is 19.9. The smallest absolute Gasteiger partial charge is 0.430 e. The number of hydrogen-bond donors (Lipinski definition) is 1. The van der Waals surface area contributed by atoms with Gasteiger partial charge in [0, 0.05) is 12.8 Å². The van der Waals surface area contributed by atoms with Gasteiger partial charge in [0.25, 0.3) is 0 Å². The van der Waals surface area contributed by atoms with Gasteiger partial charge >= 0.3 is 6.18 Å². The number of carbonyl (C=O) groups is 1. The number of rotatable bonds is 0. The molecule has 0 amide bonds. The van der Waals surface area contributed by atoms with E-state index in [0.717, 1.165) is 0 Å². The van der Waals surface area contributed by atoms with Crippen molar-refractivity contribution in [1.29, 1.82) is 0 Å². The van der Waals surface area contributed by atoms with Crippen LogP contribution in [0.2, 0.25) is 0 Å². The molecule has 0 saturated heterocycles. The predicted octanol–water partition coefficient (Wildman–Crippen LogP) is 0.263. The van der Waals surface area contributed by atoms with E-state index in [0.29, 0.717) is 0 Å². The summed E-state index contributed by atoms with van der Waals surface area (Å²) >= 11 is 0. The number of aliphatic carboxylic acids is 1. The second-order valence-electron chi connectivity index (χ2n) is 4.31. The molecule has 1 N–H and O–H groups in total. The van der Waals surface area contributed by atoms with Crippen LogP contribution >= 0.6 is 0 Å². The van der Waals surface area contributed by atoms with Crippen molar-refractivity contribution in [2.24, 2.45) is 0 Å². The van der Waals surface area contributed by atoms with Crippen LogP contribution in [0.15, 0.2) is 0 Å². The summed E-state index contributed by atoms with van der Waals surface area (Å²) in [5, 5.41) is 12.3. The third-order valence-corrected chi connectivity index (χ3v) is 2.89. The van der Waals surface area contributed by atoms with Crippen LogP contribution in [0, 0.1) is 0 Å². The molecule has 0 atom stereocenters. The van der Waals surface area contributed by atoms with Gasteiger partial charge in [-0.05, 0) is 19.3 Å². The van der Waals surface area contributed by atoms with Crippen molar-refractivity contribution in [3.05, 3.63) is 0 Å². The van der Waals surface area contributed by atoms with Crippen LogP contribution in [0.4, 0.5) is 13.2 Å². The summed E-state index contributed by atoms with van der Waals surface area (Å²) in [4.78, 5) is 8.78. The number of nitrogens with zero attached hydrogens (tertiary/aromatic N) is 1. The molecule has 104 valence electrons.